The molecule has 1 aliphatic carbocycles. The summed E-state index contributed by atoms with van der Waals surface area (Å²) in [6.45, 7) is 4.12. The molecule has 1 fully saturated rings. The van der Waals surface area contributed by atoms with Gasteiger partial charge in [0.25, 0.3) is 0 Å². The van der Waals surface area contributed by atoms with Crippen LogP contribution < -0.4 is 5.73 Å². The van der Waals surface area contributed by atoms with Crippen molar-refractivity contribution in [2.45, 2.75) is 63.8 Å². The van der Waals surface area contributed by atoms with E-state index in [1.54, 1.807) is 0 Å². The van der Waals surface area contributed by atoms with Gasteiger partial charge in [-0.05, 0) is 26.2 Å². The number of nitrogens with two attached hydrogens (primary N) is 1. The van der Waals surface area contributed by atoms with Gasteiger partial charge in [-0.1, -0.05) is 26.2 Å². The second kappa shape index (κ2) is 4.77. The molecular weight excluding hydrogens is 212 g/mol. The highest BCUT2D eigenvalue weighted by Crippen LogP contribution is 2.31. The molecule has 1 unspecified atom stereocenters. The second-order valence-corrected chi connectivity index (χ2v) is 5.52. The Labute approximate surface area is 104 Å². The van der Waals surface area contributed by atoms with Crippen LogP contribution >= 0.6 is 0 Å². The predicted octanol–water partition coefficient (Wildman–Crippen LogP) is 2.45. The van der Waals surface area contributed by atoms with E-state index in [4.69, 9.17) is 10.7 Å². The molecule has 1 aromatic rings. The quantitative estimate of drug-likeness (QED) is 0.877. The molecule has 4 heteroatoms. The fourth-order valence-electron chi connectivity index (χ4n) is 2.59. The van der Waals surface area contributed by atoms with Crippen molar-refractivity contribution in [2.24, 2.45) is 12.8 Å². The summed E-state index contributed by atoms with van der Waals surface area (Å²) in [4.78, 5) is 4.70. The van der Waals surface area contributed by atoms with Gasteiger partial charge in [0.05, 0.1) is 5.54 Å². The normalized spacial score (nSPS) is 21.4. The van der Waals surface area contributed by atoms with E-state index >= 15 is 0 Å². The minimum atomic E-state index is -0.366. The standard InChI is InChI=1S/C13H24N4/c1-4-13(2,14)12-15-11(16-17(12)3)10-8-6-5-7-9-10/h10H,4-9,14H2,1-3H3. The number of hydrogen-bond donors (Lipinski definition) is 1. The van der Waals surface area contributed by atoms with Gasteiger partial charge in [-0.15, -0.1) is 0 Å². The van der Waals surface area contributed by atoms with Crippen LogP contribution in [-0.2, 0) is 12.6 Å². The van der Waals surface area contributed by atoms with Crippen molar-refractivity contribution >= 4 is 0 Å². The van der Waals surface area contributed by atoms with Crippen LogP contribution in [0.15, 0.2) is 0 Å². The van der Waals surface area contributed by atoms with Gasteiger partial charge in [0.1, 0.15) is 5.82 Å². The van der Waals surface area contributed by atoms with E-state index in [0.29, 0.717) is 5.92 Å². The van der Waals surface area contributed by atoms with Gasteiger partial charge in [-0.3, -0.25) is 4.68 Å². The van der Waals surface area contributed by atoms with Gasteiger partial charge in [-0.2, -0.15) is 5.10 Å². The van der Waals surface area contributed by atoms with E-state index in [9.17, 15) is 0 Å². The average molecular weight is 236 g/mol. The fourth-order valence-corrected chi connectivity index (χ4v) is 2.59. The number of hydrogen-bond acceptors (Lipinski definition) is 3. The molecule has 0 bridgehead atoms. The summed E-state index contributed by atoms with van der Waals surface area (Å²) in [5.41, 5.74) is 5.89. The molecule has 1 aliphatic rings. The largest absolute Gasteiger partial charge is 0.319 e. The minimum absolute atomic E-state index is 0.366. The summed E-state index contributed by atoms with van der Waals surface area (Å²) in [5.74, 6) is 2.48. The summed E-state index contributed by atoms with van der Waals surface area (Å²) in [5, 5.41) is 4.57. The van der Waals surface area contributed by atoms with Gasteiger partial charge >= 0.3 is 0 Å². The average Bonchev–Trinajstić information content (AvgIpc) is 2.73. The van der Waals surface area contributed by atoms with Crippen molar-refractivity contribution in [3.63, 3.8) is 0 Å². The Hall–Kier alpha value is -0.900. The first-order chi connectivity index (χ1) is 8.04. The van der Waals surface area contributed by atoms with Crippen molar-refractivity contribution in [1.82, 2.24) is 14.8 Å². The van der Waals surface area contributed by atoms with Gasteiger partial charge < -0.3 is 5.73 Å². The van der Waals surface area contributed by atoms with Crippen molar-refractivity contribution < 1.29 is 0 Å². The summed E-state index contributed by atoms with van der Waals surface area (Å²) >= 11 is 0. The van der Waals surface area contributed by atoms with Gasteiger partial charge in [0, 0.05) is 13.0 Å². The molecule has 1 atom stereocenters. The molecular formula is C13H24N4. The SMILES string of the molecule is CCC(C)(N)c1nc(C2CCCCC2)nn1C. The molecule has 1 aromatic heterocycles. The third kappa shape index (κ3) is 2.51. The Balaban J connectivity index is 2.23. The van der Waals surface area contributed by atoms with E-state index in [1.807, 2.05) is 18.7 Å². The lowest BCUT2D eigenvalue weighted by molar-refractivity contribution is 0.422. The van der Waals surface area contributed by atoms with Crippen molar-refractivity contribution in [1.29, 1.82) is 0 Å². The van der Waals surface area contributed by atoms with E-state index in [2.05, 4.69) is 12.0 Å². The molecule has 0 radical (unpaired) electrons. The van der Waals surface area contributed by atoms with Crippen molar-refractivity contribution in [3.05, 3.63) is 11.6 Å². The molecule has 4 nitrogen and oxygen atoms in total. The topological polar surface area (TPSA) is 56.7 Å². The molecule has 0 aliphatic heterocycles. The molecule has 0 spiro atoms. The van der Waals surface area contributed by atoms with Crippen LogP contribution in [0.25, 0.3) is 0 Å². The van der Waals surface area contributed by atoms with E-state index < -0.39 is 0 Å². The Morgan fingerprint density at radius 2 is 2.00 bits per heavy atom. The summed E-state index contributed by atoms with van der Waals surface area (Å²) in [6, 6.07) is 0. The first kappa shape index (κ1) is 12.6. The van der Waals surface area contributed by atoms with E-state index in [1.165, 1.54) is 32.1 Å². The molecule has 0 saturated heterocycles. The molecule has 17 heavy (non-hydrogen) atoms. The Bertz CT molecular complexity index is 375. The van der Waals surface area contributed by atoms with Crippen LogP contribution in [0.4, 0.5) is 0 Å². The van der Waals surface area contributed by atoms with Crippen LogP contribution in [0.1, 0.15) is 69.9 Å². The van der Waals surface area contributed by atoms with Crippen molar-refractivity contribution in [2.75, 3.05) is 0 Å². The summed E-state index contributed by atoms with van der Waals surface area (Å²) < 4.78 is 1.87. The zero-order chi connectivity index (χ0) is 12.5. The molecule has 2 N–H and O–H groups in total. The van der Waals surface area contributed by atoms with Gasteiger partial charge in [-0.25, -0.2) is 4.98 Å². The number of nitrogens with zero attached hydrogens (tertiary/aromatic N) is 3. The molecule has 2 rings (SSSR count). The monoisotopic (exact) mass is 236 g/mol. The first-order valence-electron chi connectivity index (χ1n) is 6.75. The smallest absolute Gasteiger partial charge is 0.154 e. The lowest BCUT2D eigenvalue weighted by atomic mass is 9.89. The fraction of sp³-hybridized carbons (Fsp3) is 0.846. The summed E-state index contributed by atoms with van der Waals surface area (Å²) in [7, 11) is 1.95. The minimum Gasteiger partial charge on any atom is -0.319 e. The Morgan fingerprint density at radius 1 is 1.35 bits per heavy atom. The lowest BCUT2D eigenvalue weighted by Gasteiger charge is -2.21. The number of aryl methyl sites for hydroxylation is 1. The molecule has 1 saturated carbocycles. The van der Waals surface area contributed by atoms with Crippen molar-refractivity contribution in [3.8, 4) is 0 Å². The molecule has 96 valence electrons. The van der Waals surface area contributed by atoms with Crippen LogP contribution in [0.3, 0.4) is 0 Å². The lowest BCUT2D eigenvalue weighted by Crippen LogP contribution is -2.35. The van der Waals surface area contributed by atoms with Crippen LogP contribution in [-0.4, -0.2) is 14.8 Å². The molecule has 0 amide bonds. The third-order valence-corrected chi connectivity index (χ3v) is 4.00. The van der Waals surface area contributed by atoms with Gasteiger partial charge in [0.15, 0.2) is 5.82 Å². The maximum Gasteiger partial charge on any atom is 0.154 e. The Kier molecular flexibility index (Phi) is 3.52. The van der Waals surface area contributed by atoms with Crippen LogP contribution in [0.5, 0.6) is 0 Å². The summed E-state index contributed by atoms with van der Waals surface area (Å²) in [6.07, 6.45) is 7.33. The zero-order valence-corrected chi connectivity index (χ0v) is 11.2. The number of aromatic nitrogens is 3. The highest BCUT2D eigenvalue weighted by molar-refractivity contribution is 5.08. The number of rotatable bonds is 3. The second-order valence-electron chi connectivity index (χ2n) is 5.52. The predicted molar refractivity (Wildman–Crippen MR) is 68.7 cm³/mol. The third-order valence-electron chi connectivity index (χ3n) is 4.00. The molecule has 1 heterocycles. The van der Waals surface area contributed by atoms with E-state index in [0.717, 1.165) is 18.1 Å². The zero-order valence-electron chi connectivity index (χ0n) is 11.2. The molecule has 0 aromatic carbocycles. The Morgan fingerprint density at radius 3 is 2.59 bits per heavy atom. The van der Waals surface area contributed by atoms with E-state index in [-0.39, 0.29) is 5.54 Å². The maximum atomic E-state index is 6.26. The van der Waals surface area contributed by atoms with Gasteiger partial charge in [0.2, 0.25) is 0 Å². The highest BCUT2D eigenvalue weighted by atomic mass is 15.3. The first-order valence-corrected chi connectivity index (χ1v) is 6.75. The van der Waals surface area contributed by atoms with Crippen LogP contribution in [0, 0.1) is 0 Å². The highest BCUT2D eigenvalue weighted by Gasteiger charge is 2.28. The van der Waals surface area contributed by atoms with Crippen LogP contribution in [0.2, 0.25) is 0 Å². The maximum absolute atomic E-state index is 6.26.